The molecule has 0 N–H and O–H groups in total. The van der Waals surface area contributed by atoms with E-state index < -0.39 is 0 Å². The molecule has 1 atom stereocenters. The van der Waals surface area contributed by atoms with Gasteiger partial charge in [0.05, 0.1) is 12.4 Å². The normalized spacial score (nSPS) is 19.3. The van der Waals surface area contributed by atoms with Gasteiger partial charge in [0.1, 0.15) is 5.82 Å². The van der Waals surface area contributed by atoms with Gasteiger partial charge in [-0.3, -0.25) is 0 Å². The predicted octanol–water partition coefficient (Wildman–Crippen LogP) is 4.56. The lowest BCUT2D eigenvalue weighted by molar-refractivity contribution is 0.192. The van der Waals surface area contributed by atoms with E-state index in [-0.39, 0.29) is 11.7 Å². The minimum Gasteiger partial charge on any atom is -0.498 e. The van der Waals surface area contributed by atoms with Crippen LogP contribution in [-0.2, 0) is 11.2 Å². The lowest BCUT2D eigenvalue weighted by Crippen LogP contribution is -2.05. The van der Waals surface area contributed by atoms with Crippen molar-refractivity contribution < 1.29 is 9.13 Å². The first-order valence-corrected chi connectivity index (χ1v) is 6.65. The second kappa shape index (κ2) is 5.21. The Morgan fingerprint density at radius 3 is 3.06 bits per heavy atom. The van der Waals surface area contributed by atoms with E-state index in [2.05, 4.69) is 15.9 Å². The fourth-order valence-electron chi connectivity index (χ4n) is 2.25. The van der Waals surface area contributed by atoms with E-state index in [4.69, 9.17) is 4.74 Å². The van der Waals surface area contributed by atoms with Gasteiger partial charge in [-0.25, -0.2) is 4.39 Å². The number of hydrogen-bond acceptors (Lipinski definition) is 1. The molecule has 0 radical (unpaired) electrons. The van der Waals surface area contributed by atoms with Gasteiger partial charge < -0.3 is 4.74 Å². The molecule has 0 aromatic heterocycles. The number of rotatable bonds is 3. The molecule has 0 saturated heterocycles. The monoisotopic (exact) mass is 298 g/mol. The Morgan fingerprint density at radius 2 is 2.35 bits per heavy atom. The Balaban J connectivity index is 2.19. The average molecular weight is 299 g/mol. The van der Waals surface area contributed by atoms with Gasteiger partial charge in [0.25, 0.3) is 0 Å². The smallest absolute Gasteiger partial charge is 0.127 e. The fourth-order valence-corrected chi connectivity index (χ4v) is 2.79. The van der Waals surface area contributed by atoms with Crippen LogP contribution in [0.4, 0.5) is 4.39 Å². The first-order valence-electron chi connectivity index (χ1n) is 5.86. The fraction of sp³-hybridized carbons (Fsp3) is 0.429. The molecule has 17 heavy (non-hydrogen) atoms. The number of hydrogen-bond donors (Lipinski definition) is 0. The maximum Gasteiger partial charge on any atom is 0.127 e. The number of allylic oxidation sites excluding steroid dienone is 2. The summed E-state index contributed by atoms with van der Waals surface area (Å²) in [6, 6.07) is 3.32. The van der Waals surface area contributed by atoms with Crippen molar-refractivity contribution in [3.05, 3.63) is 45.4 Å². The summed E-state index contributed by atoms with van der Waals surface area (Å²) >= 11 is 3.48. The minimum absolute atomic E-state index is 0.104. The van der Waals surface area contributed by atoms with Crippen molar-refractivity contribution in [2.24, 2.45) is 0 Å². The molecule has 2 rings (SSSR count). The van der Waals surface area contributed by atoms with Crippen LogP contribution in [0.5, 0.6) is 0 Å². The first kappa shape index (κ1) is 12.6. The minimum atomic E-state index is -0.104. The number of halogens is 2. The zero-order valence-corrected chi connectivity index (χ0v) is 11.7. The van der Waals surface area contributed by atoms with Gasteiger partial charge >= 0.3 is 0 Å². The highest BCUT2D eigenvalue weighted by Gasteiger charge is 2.28. The molecule has 0 amide bonds. The van der Waals surface area contributed by atoms with Crippen molar-refractivity contribution in [1.29, 1.82) is 0 Å². The van der Waals surface area contributed by atoms with Crippen molar-refractivity contribution in [2.45, 2.75) is 32.6 Å². The van der Waals surface area contributed by atoms with Crippen LogP contribution in [0.1, 0.15) is 37.3 Å². The molecule has 0 aliphatic heterocycles. The Morgan fingerprint density at radius 1 is 1.59 bits per heavy atom. The molecule has 1 aliphatic carbocycles. The average Bonchev–Trinajstić information content (AvgIpc) is 2.76. The number of ether oxygens (including phenoxy) is 1. The van der Waals surface area contributed by atoms with Gasteiger partial charge in [-0.05, 0) is 49.9 Å². The van der Waals surface area contributed by atoms with Crippen LogP contribution < -0.4 is 0 Å². The highest BCUT2D eigenvalue weighted by molar-refractivity contribution is 9.10. The third-order valence-corrected chi connectivity index (χ3v) is 4.06. The Hall–Kier alpha value is -0.830. The van der Waals surface area contributed by atoms with Crippen molar-refractivity contribution in [1.82, 2.24) is 0 Å². The molecule has 0 bridgehead atoms. The summed E-state index contributed by atoms with van der Waals surface area (Å²) in [5.74, 6) is 0.971. The molecule has 1 aromatic carbocycles. The lowest BCUT2D eigenvalue weighted by atomic mass is 10.0. The Bertz CT molecular complexity index is 454. The van der Waals surface area contributed by atoms with E-state index in [0.717, 1.165) is 34.2 Å². The van der Waals surface area contributed by atoms with Crippen molar-refractivity contribution in [3.63, 3.8) is 0 Å². The van der Waals surface area contributed by atoms with Gasteiger partial charge in [0.15, 0.2) is 0 Å². The van der Waals surface area contributed by atoms with Gasteiger partial charge in [0, 0.05) is 10.4 Å². The van der Waals surface area contributed by atoms with Crippen molar-refractivity contribution in [2.75, 3.05) is 6.61 Å². The molecule has 1 aliphatic rings. The van der Waals surface area contributed by atoms with E-state index in [1.807, 2.05) is 19.9 Å². The largest absolute Gasteiger partial charge is 0.498 e. The van der Waals surface area contributed by atoms with Gasteiger partial charge in [0.2, 0.25) is 0 Å². The zero-order valence-electron chi connectivity index (χ0n) is 10.1. The predicted molar refractivity (Wildman–Crippen MR) is 70.5 cm³/mol. The van der Waals surface area contributed by atoms with E-state index in [1.54, 1.807) is 6.07 Å². The van der Waals surface area contributed by atoms with Crippen LogP contribution in [0.2, 0.25) is 0 Å². The van der Waals surface area contributed by atoms with Crippen LogP contribution in [0.3, 0.4) is 0 Å². The van der Waals surface area contributed by atoms with E-state index in [1.165, 1.54) is 6.07 Å². The topological polar surface area (TPSA) is 9.23 Å². The molecule has 1 nitrogen and oxygen atoms in total. The van der Waals surface area contributed by atoms with E-state index >= 15 is 0 Å². The molecular formula is C14H16BrFO. The summed E-state index contributed by atoms with van der Waals surface area (Å²) < 4.78 is 20.5. The van der Waals surface area contributed by atoms with Crippen LogP contribution >= 0.6 is 15.9 Å². The summed E-state index contributed by atoms with van der Waals surface area (Å²) in [6.45, 7) is 4.43. The van der Waals surface area contributed by atoms with Crippen LogP contribution in [0, 0.1) is 5.82 Å². The molecular weight excluding hydrogens is 283 g/mol. The molecule has 0 fully saturated rings. The standard InChI is InChI=1S/C14H16BrFO/c1-3-9(2)17-8-10-4-5-11-12(15)6-7-13(16)14(10)11/h3,6-7,10H,4-5,8H2,1-2H3. The summed E-state index contributed by atoms with van der Waals surface area (Å²) in [7, 11) is 0. The highest BCUT2D eigenvalue weighted by Crippen LogP contribution is 2.39. The second-order valence-electron chi connectivity index (χ2n) is 4.37. The first-order chi connectivity index (χ1) is 8.13. The summed E-state index contributed by atoms with van der Waals surface area (Å²) in [6.07, 6.45) is 3.82. The number of fused-ring (bicyclic) bond motifs is 1. The van der Waals surface area contributed by atoms with E-state index in [9.17, 15) is 4.39 Å². The molecule has 0 saturated carbocycles. The molecule has 1 aromatic rings. The SMILES string of the molecule is CC=C(C)OCC1CCc2c(Br)ccc(F)c21. The summed E-state index contributed by atoms with van der Waals surface area (Å²) in [4.78, 5) is 0. The van der Waals surface area contributed by atoms with E-state index in [0.29, 0.717) is 6.61 Å². The van der Waals surface area contributed by atoms with Gasteiger partial charge in [-0.2, -0.15) is 0 Å². The zero-order chi connectivity index (χ0) is 12.4. The lowest BCUT2D eigenvalue weighted by Gasteiger charge is -2.14. The van der Waals surface area contributed by atoms with Crippen molar-refractivity contribution >= 4 is 15.9 Å². The molecule has 92 valence electrons. The van der Waals surface area contributed by atoms with Gasteiger partial charge in [-0.1, -0.05) is 22.0 Å². The third kappa shape index (κ3) is 2.54. The molecule has 1 unspecified atom stereocenters. The van der Waals surface area contributed by atoms with Crippen LogP contribution in [0.25, 0.3) is 0 Å². The molecule has 3 heteroatoms. The van der Waals surface area contributed by atoms with Crippen LogP contribution in [-0.4, -0.2) is 6.61 Å². The van der Waals surface area contributed by atoms with Crippen LogP contribution in [0.15, 0.2) is 28.4 Å². The second-order valence-corrected chi connectivity index (χ2v) is 5.22. The number of benzene rings is 1. The maximum atomic E-state index is 13.8. The third-order valence-electron chi connectivity index (χ3n) is 3.32. The highest BCUT2D eigenvalue weighted by atomic mass is 79.9. The van der Waals surface area contributed by atoms with Gasteiger partial charge in [-0.15, -0.1) is 0 Å². The van der Waals surface area contributed by atoms with Crippen molar-refractivity contribution in [3.8, 4) is 0 Å². The molecule has 0 heterocycles. The Labute approximate surface area is 110 Å². The summed E-state index contributed by atoms with van der Waals surface area (Å²) in [5, 5.41) is 0. The Kier molecular flexibility index (Phi) is 3.87. The molecule has 0 spiro atoms. The summed E-state index contributed by atoms with van der Waals surface area (Å²) in [5.41, 5.74) is 1.94. The maximum absolute atomic E-state index is 13.8. The quantitative estimate of drug-likeness (QED) is 0.744.